The first-order chi connectivity index (χ1) is 11.3. The average Bonchev–Trinajstić information content (AvgIpc) is 3.32. The average molecular weight is 315 g/mol. The Kier molecular flexibility index (Phi) is 3.92. The molecule has 4 rings (SSSR count). The van der Waals surface area contributed by atoms with Crippen LogP contribution in [0.15, 0.2) is 23.4 Å². The molecule has 0 saturated heterocycles. The maximum absolute atomic E-state index is 6.19. The van der Waals surface area contributed by atoms with Crippen molar-refractivity contribution in [2.24, 2.45) is 5.16 Å². The van der Waals surface area contributed by atoms with Gasteiger partial charge in [0.1, 0.15) is 5.60 Å². The molecular weight excluding hydrogens is 290 g/mol. The van der Waals surface area contributed by atoms with E-state index in [0.717, 1.165) is 54.9 Å². The van der Waals surface area contributed by atoms with E-state index in [0.29, 0.717) is 6.10 Å². The molecule has 1 aliphatic heterocycles. The summed E-state index contributed by atoms with van der Waals surface area (Å²) in [7, 11) is 1.69. The highest BCUT2D eigenvalue weighted by Gasteiger charge is 2.42. The molecule has 0 unspecified atom stereocenters. The number of hydrogen-bond donors (Lipinski definition) is 0. The van der Waals surface area contributed by atoms with E-state index in [1.54, 1.807) is 7.11 Å². The van der Waals surface area contributed by atoms with Crippen molar-refractivity contribution in [3.05, 3.63) is 23.8 Å². The van der Waals surface area contributed by atoms with E-state index < -0.39 is 0 Å². The molecule has 1 spiro atoms. The standard InChI is InChI=1S/C19H25NO3/c1-21-17-9-8-14(12-18(17)22-15-6-2-3-7-15)16-13-19(23-20-16)10-4-5-11-19/h8-9,12,15H,2-7,10-11,13H2,1H3. The number of rotatable bonds is 4. The molecule has 0 amide bonds. The van der Waals surface area contributed by atoms with Gasteiger partial charge in [0.15, 0.2) is 11.5 Å². The van der Waals surface area contributed by atoms with Gasteiger partial charge in [0.2, 0.25) is 0 Å². The van der Waals surface area contributed by atoms with E-state index in [2.05, 4.69) is 17.3 Å². The molecule has 1 aromatic carbocycles. The lowest BCUT2D eigenvalue weighted by molar-refractivity contribution is -0.0126. The van der Waals surface area contributed by atoms with Gasteiger partial charge in [-0.25, -0.2) is 0 Å². The van der Waals surface area contributed by atoms with Gasteiger partial charge in [-0.15, -0.1) is 0 Å². The summed E-state index contributed by atoms with van der Waals surface area (Å²) in [5.74, 6) is 1.64. The third-order valence-electron chi connectivity index (χ3n) is 5.45. The number of oxime groups is 1. The molecule has 2 saturated carbocycles. The topological polar surface area (TPSA) is 40.0 Å². The molecule has 124 valence electrons. The monoisotopic (exact) mass is 315 g/mol. The molecule has 0 aromatic heterocycles. The van der Waals surface area contributed by atoms with Gasteiger partial charge < -0.3 is 14.3 Å². The molecule has 2 fully saturated rings. The van der Waals surface area contributed by atoms with Crippen LogP contribution < -0.4 is 9.47 Å². The Morgan fingerprint density at radius 2 is 1.87 bits per heavy atom. The van der Waals surface area contributed by atoms with E-state index >= 15 is 0 Å². The molecule has 0 bridgehead atoms. The van der Waals surface area contributed by atoms with Crippen LogP contribution in [0.25, 0.3) is 0 Å². The lowest BCUT2D eigenvalue weighted by atomic mass is 9.93. The Morgan fingerprint density at radius 3 is 2.61 bits per heavy atom. The maximum atomic E-state index is 6.19. The molecule has 4 heteroatoms. The first kappa shape index (κ1) is 14.9. The molecule has 4 nitrogen and oxygen atoms in total. The van der Waals surface area contributed by atoms with Gasteiger partial charge in [-0.2, -0.15) is 0 Å². The number of hydrogen-bond acceptors (Lipinski definition) is 4. The van der Waals surface area contributed by atoms with Crippen LogP contribution in [0, 0.1) is 0 Å². The first-order valence-electron chi connectivity index (χ1n) is 8.88. The van der Waals surface area contributed by atoms with Gasteiger partial charge in [0.05, 0.1) is 18.9 Å². The summed E-state index contributed by atoms with van der Waals surface area (Å²) < 4.78 is 11.7. The quantitative estimate of drug-likeness (QED) is 0.824. The highest BCUT2D eigenvalue weighted by Crippen LogP contribution is 2.42. The Morgan fingerprint density at radius 1 is 1.09 bits per heavy atom. The van der Waals surface area contributed by atoms with Crippen LogP contribution in [0.5, 0.6) is 11.5 Å². The zero-order valence-electron chi connectivity index (χ0n) is 13.8. The summed E-state index contributed by atoms with van der Waals surface area (Å²) in [6.45, 7) is 0. The summed E-state index contributed by atoms with van der Waals surface area (Å²) in [5, 5.41) is 4.39. The summed E-state index contributed by atoms with van der Waals surface area (Å²) in [6.07, 6.45) is 10.8. The number of benzene rings is 1. The highest BCUT2D eigenvalue weighted by molar-refractivity contribution is 6.02. The minimum absolute atomic E-state index is 0.0261. The van der Waals surface area contributed by atoms with Gasteiger partial charge in [-0.3, -0.25) is 0 Å². The fourth-order valence-corrected chi connectivity index (χ4v) is 4.10. The summed E-state index contributed by atoms with van der Waals surface area (Å²) in [6, 6.07) is 6.13. The molecule has 23 heavy (non-hydrogen) atoms. The largest absolute Gasteiger partial charge is 0.493 e. The van der Waals surface area contributed by atoms with Gasteiger partial charge >= 0.3 is 0 Å². The summed E-state index contributed by atoms with van der Waals surface area (Å²) in [4.78, 5) is 5.81. The van der Waals surface area contributed by atoms with Crippen LogP contribution in [-0.4, -0.2) is 24.5 Å². The van der Waals surface area contributed by atoms with Crippen molar-refractivity contribution >= 4 is 5.71 Å². The Balaban J connectivity index is 1.54. The second kappa shape index (κ2) is 6.06. The first-order valence-corrected chi connectivity index (χ1v) is 8.88. The normalized spacial score (nSPS) is 23.1. The third-order valence-corrected chi connectivity index (χ3v) is 5.45. The Bertz CT molecular complexity index is 599. The van der Waals surface area contributed by atoms with Gasteiger partial charge in [0.25, 0.3) is 0 Å². The lowest BCUT2D eigenvalue weighted by Crippen LogP contribution is -2.24. The Labute approximate surface area is 137 Å². The maximum Gasteiger partial charge on any atom is 0.162 e. The molecule has 0 atom stereocenters. The van der Waals surface area contributed by atoms with Gasteiger partial charge in [-0.1, -0.05) is 5.16 Å². The van der Waals surface area contributed by atoms with Crippen molar-refractivity contribution in [2.45, 2.75) is 69.5 Å². The zero-order valence-corrected chi connectivity index (χ0v) is 13.8. The van der Waals surface area contributed by atoms with Crippen LogP contribution in [0.3, 0.4) is 0 Å². The van der Waals surface area contributed by atoms with Crippen LogP contribution in [0.4, 0.5) is 0 Å². The van der Waals surface area contributed by atoms with Crippen molar-refractivity contribution < 1.29 is 14.3 Å². The van der Waals surface area contributed by atoms with Gasteiger partial charge in [-0.05, 0) is 69.6 Å². The molecule has 0 radical (unpaired) electrons. The summed E-state index contributed by atoms with van der Waals surface area (Å²) >= 11 is 0. The van der Waals surface area contributed by atoms with E-state index in [-0.39, 0.29) is 5.60 Å². The number of ether oxygens (including phenoxy) is 2. The minimum Gasteiger partial charge on any atom is -0.493 e. The van der Waals surface area contributed by atoms with Crippen LogP contribution in [0.1, 0.15) is 63.4 Å². The number of methoxy groups -OCH3 is 1. The lowest BCUT2D eigenvalue weighted by Gasteiger charge is -2.19. The predicted molar refractivity (Wildman–Crippen MR) is 89.3 cm³/mol. The van der Waals surface area contributed by atoms with Gasteiger partial charge in [0, 0.05) is 12.0 Å². The molecule has 0 N–H and O–H groups in total. The molecule has 3 aliphatic rings. The van der Waals surface area contributed by atoms with E-state index in [9.17, 15) is 0 Å². The van der Waals surface area contributed by atoms with Crippen molar-refractivity contribution in [1.82, 2.24) is 0 Å². The molecule has 1 aromatic rings. The van der Waals surface area contributed by atoms with Crippen molar-refractivity contribution in [3.8, 4) is 11.5 Å². The SMILES string of the molecule is COc1ccc(C2=NOC3(CCCC3)C2)cc1OC1CCCC1. The highest BCUT2D eigenvalue weighted by atomic mass is 16.7. The zero-order chi connectivity index (χ0) is 15.7. The van der Waals surface area contributed by atoms with Crippen molar-refractivity contribution in [1.29, 1.82) is 0 Å². The van der Waals surface area contributed by atoms with E-state index in [4.69, 9.17) is 14.3 Å². The van der Waals surface area contributed by atoms with E-state index in [1.807, 2.05) is 6.07 Å². The Hall–Kier alpha value is -1.71. The van der Waals surface area contributed by atoms with Crippen molar-refractivity contribution in [3.63, 3.8) is 0 Å². The summed E-state index contributed by atoms with van der Waals surface area (Å²) in [5.41, 5.74) is 2.12. The van der Waals surface area contributed by atoms with Crippen molar-refractivity contribution in [2.75, 3.05) is 7.11 Å². The van der Waals surface area contributed by atoms with E-state index in [1.165, 1.54) is 25.7 Å². The smallest absolute Gasteiger partial charge is 0.162 e. The fraction of sp³-hybridized carbons (Fsp3) is 0.632. The molecular formula is C19H25NO3. The fourth-order valence-electron chi connectivity index (χ4n) is 4.10. The van der Waals surface area contributed by atoms with Crippen LogP contribution in [-0.2, 0) is 4.84 Å². The minimum atomic E-state index is -0.0261. The second-order valence-electron chi connectivity index (χ2n) is 7.09. The number of nitrogens with zero attached hydrogens (tertiary/aromatic N) is 1. The second-order valence-corrected chi connectivity index (χ2v) is 7.09. The predicted octanol–water partition coefficient (Wildman–Crippen LogP) is 4.45. The third kappa shape index (κ3) is 2.91. The van der Waals surface area contributed by atoms with Crippen LogP contribution in [0.2, 0.25) is 0 Å². The molecule has 2 aliphatic carbocycles. The molecule has 1 heterocycles. The van der Waals surface area contributed by atoms with Crippen LogP contribution >= 0.6 is 0 Å².